The number of carbonyl (C=O) groups excluding carboxylic acids is 2. The highest BCUT2D eigenvalue weighted by Crippen LogP contribution is 2.25. The number of nitrogens with zero attached hydrogens (tertiary/aromatic N) is 3. The number of benzene rings is 1. The number of rotatable bonds is 12. The van der Waals surface area contributed by atoms with Crippen LogP contribution in [0.5, 0.6) is 0 Å². The molecule has 0 radical (unpaired) electrons. The maximum absolute atomic E-state index is 13.5. The SMILES string of the molecule is NC(=O)OC(Cc1ccncc1)C(=O)N[C@@H](Cc1ccc([N+](=O)[O-])cc1)c1csc(CC(F)C(F)F)n1. The molecule has 0 spiro atoms. The lowest BCUT2D eigenvalue weighted by Gasteiger charge is -2.22. The van der Waals surface area contributed by atoms with Crippen LogP contribution in [0.1, 0.15) is 27.9 Å². The van der Waals surface area contributed by atoms with Gasteiger partial charge in [0, 0.05) is 42.7 Å². The lowest BCUT2D eigenvalue weighted by Crippen LogP contribution is -2.42. The van der Waals surface area contributed by atoms with Crippen LogP contribution < -0.4 is 11.1 Å². The van der Waals surface area contributed by atoms with Crippen molar-refractivity contribution >= 4 is 29.0 Å². The molecule has 1 aromatic carbocycles. The Morgan fingerprint density at radius 2 is 1.70 bits per heavy atom. The summed E-state index contributed by atoms with van der Waals surface area (Å²) in [7, 11) is 0. The second-order valence-corrected chi connectivity index (χ2v) is 8.84. The smallest absolute Gasteiger partial charge is 0.405 e. The summed E-state index contributed by atoms with van der Waals surface area (Å²) in [6.45, 7) is 0. The molecule has 0 saturated heterocycles. The van der Waals surface area contributed by atoms with E-state index in [-0.39, 0.29) is 29.2 Å². The number of hydrogen-bond donors (Lipinski definition) is 2. The Morgan fingerprint density at radius 1 is 1.05 bits per heavy atom. The number of nitrogens with two attached hydrogens (primary N) is 1. The van der Waals surface area contributed by atoms with Crippen LogP contribution >= 0.6 is 11.3 Å². The van der Waals surface area contributed by atoms with Gasteiger partial charge in [-0.2, -0.15) is 0 Å². The van der Waals surface area contributed by atoms with E-state index in [2.05, 4.69) is 15.3 Å². The number of thiazole rings is 1. The Hall–Kier alpha value is -4.07. The maximum atomic E-state index is 13.5. The van der Waals surface area contributed by atoms with Crippen LogP contribution in [0.15, 0.2) is 54.2 Å². The first kappa shape index (κ1) is 27.5. The van der Waals surface area contributed by atoms with E-state index in [4.69, 9.17) is 10.5 Å². The molecule has 0 aliphatic carbocycles. The maximum Gasteiger partial charge on any atom is 0.405 e. The molecule has 0 aliphatic rings. The van der Waals surface area contributed by atoms with Gasteiger partial charge in [-0.3, -0.25) is 19.9 Å². The summed E-state index contributed by atoms with van der Waals surface area (Å²) in [5, 5.41) is 15.3. The van der Waals surface area contributed by atoms with Crippen molar-refractivity contribution in [2.24, 2.45) is 5.73 Å². The first-order chi connectivity index (χ1) is 17.6. The predicted octanol–water partition coefficient (Wildman–Crippen LogP) is 3.70. The second kappa shape index (κ2) is 12.8. The van der Waals surface area contributed by atoms with Gasteiger partial charge in [-0.15, -0.1) is 11.3 Å². The molecule has 2 unspecified atom stereocenters. The molecule has 0 fully saturated rings. The van der Waals surface area contributed by atoms with Crippen LogP contribution in [0.3, 0.4) is 0 Å². The number of nitrogens with one attached hydrogen (secondary N) is 1. The Balaban J connectivity index is 1.85. The third-order valence-electron chi connectivity index (χ3n) is 5.19. The topological polar surface area (TPSA) is 150 Å². The third-order valence-corrected chi connectivity index (χ3v) is 6.08. The molecule has 10 nitrogen and oxygen atoms in total. The summed E-state index contributed by atoms with van der Waals surface area (Å²) in [6, 6.07) is 7.96. The number of primary amides is 1. The number of hydrogen-bond acceptors (Lipinski definition) is 8. The van der Waals surface area contributed by atoms with Gasteiger partial charge in [0.05, 0.1) is 21.7 Å². The van der Waals surface area contributed by atoms with Gasteiger partial charge in [0.2, 0.25) is 0 Å². The molecular weight excluding hydrogens is 515 g/mol. The monoisotopic (exact) mass is 537 g/mol. The highest BCUT2D eigenvalue weighted by Gasteiger charge is 2.28. The van der Waals surface area contributed by atoms with Crippen LogP contribution in [0, 0.1) is 10.1 Å². The van der Waals surface area contributed by atoms with Gasteiger partial charge in [0.25, 0.3) is 18.0 Å². The minimum Gasteiger partial charge on any atom is -0.436 e. The van der Waals surface area contributed by atoms with Crippen molar-refractivity contribution in [3.8, 4) is 0 Å². The van der Waals surface area contributed by atoms with Crippen molar-refractivity contribution in [3.63, 3.8) is 0 Å². The Kier molecular flexibility index (Phi) is 9.49. The molecule has 196 valence electrons. The zero-order valence-corrected chi connectivity index (χ0v) is 19.9. The summed E-state index contributed by atoms with van der Waals surface area (Å²) in [5.74, 6) is -0.715. The number of halogens is 3. The van der Waals surface area contributed by atoms with E-state index < -0.39 is 48.1 Å². The van der Waals surface area contributed by atoms with E-state index in [1.807, 2.05) is 0 Å². The number of pyridine rings is 1. The highest BCUT2D eigenvalue weighted by molar-refractivity contribution is 7.09. The summed E-state index contributed by atoms with van der Waals surface area (Å²) in [6.07, 6.45) is -5.56. The minimum atomic E-state index is -3.16. The van der Waals surface area contributed by atoms with E-state index in [0.29, 0.717) is 11.1 Å². The molecule has 2 amide bonds. The fourth-order valence-electron chi connectivity index (χ4n) is 3.38. The van der Waals surface area contributed by atoms with Crippen molar-refractivity contribution in [1.82, 2.24) is 15.3 Å². The van der Waals surface area contributed by atoms with Crippen LogP contribution in [0.4, 0.5) is 23.7 Å². The lowest BCUT2D eigenvalue weighted by molar-refractivity contribution is -0.384. The predicted molar refractivity (Wildman–Crippen MR) is 127 cm³/mol. The van der Waals surface area contributed by atoms with Gasteiger partial charge in [-0.05, 0) is 29.7 Å². The number of amides is 2. The number of non-ortho nitro benzene ring substituents is 1. The summed E-state index contributed by atoms with van der Waals surface area (Å²) in [5.41, 5.74) is 6.50. The molecule has 2 aromatic heterocycles. The van der Waals surface area contributed by atoms with Crippen LogP contribution in [0.2, 0.25) is 0 Å². The van der Waals surface area contributed by atoms with Crippen molar-refractivity contribution < 1.29 is 32.4 Å². The third kappa shape index (κ3) is 8.24. The largest absolute Gasteiger partial charge is 0.436 e. The number of alkyl halides is 3. The average molecular weight is 538 g/mol. The number of aromatic nitrogens is 2. The van der Waals surface area contributed by atoms with Crippen molar-refractivity contribution in [1.29, 1.82) is 0 Å². The normalized spacial score (nSPS) is 13.5. The molecule has 3 atom stereocenters. The lowest BCUT2D eigenvalue weighted by atomic mass is 10.0. The Labute approximate surface area is 212 Å². The summed E-state index contributed by atoms with van der Waals surface area (Å²) >= 11 is 0.952. The van der Waals surface area contributed by atoms with Gasteiger partial charge < -0.3 is 15.8 Å². The quantitative estimate of drug-likeness (QED) is 0.264. The van der Waals surface area contributed by atoms with Gasteiger partial charge in [0.1, 0.15) is 0 Å². The molecule has 3 aromatic rings. The Morgan fingerprint density at radius 3 is 2.30 bits per heavy atom. The number of nitro benzene ring substituents is 1. The Bertz CT molecular complexity index is 1210. The number of nitro groups is 1. The first-order valence-corrected chi connectivity index (χ1v) is 11.8. The molecule has 3 N–H and O–H groups in total. The molecule has 14 heteroatoms. The van der Waals surface area contributed by atoms with Gasteiger partial charge in [0.15, 0.2) is 12.3 Å². The van der Waals surface area contributed by atoms with E-state index >= 15 is 0 Å². The fourth-order valence-corrected chi connectivity index (χ4v) is 4.27. The number of carbonyl (C=O) groups is 2. The van der Waals surface area contributed by atoms with Crippen molar-refractivity contribution in [2.45, 2.75) is 44.0 Å². The molecule has 0 saturated carbocycles. The fraction of sp³-hybridized carbons (Fsp3) is 0.304. The van der Waals surface area contributed by atoms with Crippen LogP contribution in [0.25, 0.3) is 0 Å². The molecule has 0 bridgehead atoms. The first-order valence-electron chi connectivity index (χ1n) is 10.9. The van der Waals surface area contributed by atoms with E-state index in [9.17, 15) is 32.9 Å². The zero-order valence-electron chi connectivity index (χ0n) is 19.1. The minimum absolute atomic E-state index is 0.0121. The van der Waals surface area contributed by atoms with E-state index in [1.165, 1.54) is 42.0 Å². The average Bonchev–Trinajstić information content (AvgIpc) is 3.32. The van der Waals surface area contributed by atoms with Gasteiger partial charge >= 0.3 is 6.09 Å². The molecule has 2 heterocycles. The van der Waals surface area contributed by atoms with E-state index in [1.54, 1.807) is 12.1 Å². The van der Waals surface area contributed by atoms with Crippen LogP contribution in [-0.4, -0.2) is 45.6 Å². The summed E-state index contributed by atoms with van der Waals surface area (Å²) < 4.78 is 43.8. The zero-order chi connectivity index (χ0) is 26.9. The van der Waals surface area contributed by atoms with Gasteiger partial charge in [-0.1, -0.05) is 12.1 Å². The second-order valence-electron chi connectivity index (χ2n) is 7.89. The van der Waals surface area contributed by atoms with Crippen molar-refractivity contribution in [2.75, 3.05) is 0 Å². The van der Waals surface area contributed by atoms with Crippen LogP contribution in [-0.2, 0) is 28.8 Å². The molecular formula is C23H22F3N5O5S. The van der Waals surface area contributed by atoms with Gasteiger partial charge in [-0.25, -0.2) is 22.9 Å². The molecule has 3 rings (SSSR count). The summed E-state index contributed by atoms with van der Waals surface area (Å²) in [4.78, 5) is 43.1. The van der Waals surface area contributed by atoms with Crippen molar-refractivity contribution in [3.05, 3.63) is 86.1 Å². The standard InChI is InChI=1S/C23H22F3N5O5S/c24-16(21(25)26)11-20-29-18(12-37-20)17(9-13-1-3-15(4-2-13)31(34)35)30-22(32)19(36-23(27)33)10-14-5-7-28-8-6-14/h1-8,12,16-17,19,21H,9-11H2,(H2,27,33)(H,30,32)/t16?,17-,19?/m0/s1. The number of ether oxygens (including phenoxy) is 1. The van der Waals surface area contributed by atoms with E-state index in [0.717, 1.165) is 11.3 Å². The molecule has 0 aliphatic heterocycles. The molecule has 37 heavy (non-hydrogen) atoms. The highest BCUT2D eigenvalue weighted by atomic mass is 32.1.